The van der Waals surface area contributed by atoms with Gasteiger partial charge in [-0.25, -0.2) is 9.59 Å². The van der Waals surface area contributed by atoms with Crippen molar-refractivity contribution in [3.63, 3.8) is 0 Å². The van der Waals surface area contributed by atoms with E-state index in [4.69, 9.17) is 9.47 Å². The second kappa shape index (κ2) is 28.0. The summed E-state index contributed by atoms with van der Waals surface area (Å²) in [5.41, 5.74) is -0.577. The second-order valence-corrected chi connectivity index (χ2v) is 29.1. The van der Waals surface area contributed by atoms with Crippen molar-refractivity contribution in [1.29, 1.82) is 0 Å². The van der Waals surface area contributed by atoms with Gasteiger partial charge in [0, 0.05) is 27.2 Å². The van der Waals surface area contributed by atoms with Gasteiger partial charge in [-0.1, -0.05) is 113 Å². The van der Waals surface area contributed by atoms with Crippen molar-refractivity contribution >= 4 is 83.0 Å². The Labute approximate surface area is 525 Å². The number of hydrogen-bond donors (Lipinski definition) is 6. The van der Waals surface area contributed by atoms with Gasteiger partial charge >= 0.3 is 12.2 Å². The zero-order valence-corrected chi connectivity index (χ0v) is 54.7. The van der Waals surface area contributed by atoms with Crippen molar-refractivity contribution in [3.05, 3.63) is 107 Å². The average Bonchev–Trinajstić information content (AvgIpc) is 1.74. The maximum atomic E-state index is 14.7. The zero-order chi connectivity index (χ0) is 64.8. The van der Waals surface area contributed by atoms with Crippen LogP contribution in [0, 0.1) is 10.8 Å². The van der Waals surface area contributed by atoms with Crippen LogP contribution < -0.4 is 31.9 Å². The van der Waals surface area contributed by atoms with Crippen LogP contribution in [-0.2, 0) is 60.9 Å². The largest absolute Gasteiger partial charge is 0.444 e. The van der Waals surface area contributed by atoms with Crippen LogP contribution in [0.3, 0.4) is 0 Å². The molecule has 0 bridgehead atoms. The van der Waals surface area contributed by atoms with Crippen molar-refractivity contribution in [2.75, 3.05) is 25.6 Å². The number of benzene rings is 3. The number of thioether (sulfide) groups is 2. The third kappa shape index (κ3) is 16.7. The minimum atomic E-state index is -1.16. The first-order valence-corrected chi connectivity index (χ1v) is 32.0. The fourth-order valence-electron chi connectivity index (χ4n) is 11.3. The Kier molecular flexibility index (Phi) is 21.7. The summed E-state index contributed by atoms with van der Waals surface area (Å²) in [6.45, 7) is 21.2. The lowest BCUT2D eigenvalue weighted by Crippen LogP contribution is -2.59. The minimum absolute atomic E-state index is 0.0715. The van der Waals surface area contributed by atoms with E-state index in [1.54, 1.807) is 150 Å². The van der Waals surface area contributed by atoms with E-state index < -0.39 is 130 Å². The summed E-state index contributed by atoms with van der Waals surface area (Å²) in [5.74, 6) is -2.99. The lowest BCUT2D eigenvalue weighted by molar-refractivity contribution is -0.144. The number of ether oxygens (including phenoxy) is 2. The number of amides is 10. The molecular weight excluding hydrogens is 1160 g/mol. The van der Waals surface area contributed by atoms with Crippen LogP contribution in [0.15, 0.2) is 84.9 Å². The maximum absolute atomic E-state index is 14.7. The molecule has 3 aromatic rings. The maximum Gasteiger partial charge on any atom is 0.410 e. The first-order chi connectivity index (χ1) is 41.2. The summed E-state index contributed by atoms with van der Waals surface area (Å²) in [5, 5.41) is 16.8. The summed E-state index contributed by atoms with van der Waals surface area (Å²) < 4.78 is 10.9. The van der Waals surface area contributed by atoms with Crippen LogP contribution in [0.1, 0.15) is 143 Å². The molecule has 0 unspecified atom stereocenters. The minimum Gasteiger partial charge on any atom is -0.444 e. The molecule has 0 aromatic heterocycles. The molecule has 0 saturated carbocycles. The molecule has 3 aromatic carbocycles. The Hall–Kier alpha value is -7.34. The van der Waals surface area contributed by atoms with Crippen LogP contribution in [0.2, 0.25) is 0 Å². The molecule has 478 valence electrons. The van der Waals surface area contributed by atoms with E-state index in [1.165, 1.54) is 47.4 Å². The highest BCUT2D eigenvalue weighted by Crippen LogP contribution is 2.48. The van der Waals surface area contributed by atoms with Gasteiger partial charge in [0.15, 0.2) is 0 Å². The summed E-state index contributed by atoms with van der Waals surface area (Å²) in [6, 6.07) is 16.5. The van der Waals surface area contributed by atoms with Gasteiger partial charge < -0.3 is 51.2 Å². The summed E-state index contributed by atoms with van der Waals surface area (Å²) in [4.78, 5) is 145. The molecule has 4 heterocycles. The highest BCUT2D eigenvalue weighted by molar-refractivity contribution is 8.00. The fraction of sp³-hybridized carbons (Fsp3) is 0.562. The molecule has 22 nitrogen and oxygen atoms in total. The van der Waals surface area contributed by atoms with Crippen molar-refractivity contribution in [2.24, 2.45) is 10.8 Å². The number of hydrogen-bond acceptors (Lipinski definition) is 14. The molecule has 24 heteroatoms. The molecule has 10 amide bonds. The van der Waals surface area contributed by atoms with Gasteiger partial charge in [-0.15, -0.1) is 23.5 Å². The average molecular weight is 1250 g/mol. The molecule has 4 fully saturated rings. The van der Waals surface area contributed by atoms with Gasteiger partial charge in [0.1, 0.15) is 59.5 Å². The Morgan fingerprint density at radius 3 is 1.19 bits per heavy atom. The van der Waals surface area contributed by atoms with E-state index in [0.717, 1.165) is 0 Å². The van der Waals surface area contributed by atoms with E-state index in [-0.39, 0.29) is 23.8 Å². The predicted octanol–water partition coefficient (Wildman–Crippen LogP) is 6.29. The van der Waals surface area contributed by atoms with Crippen LogP contribution in [-0.4, -0.2) is 163 Å². The van der Waals surface area contributed by atoms with E-state index in [1.807, 2.05) is 27.7 Å². The number of rotatable bonds is 18. The molecule has 88 heavy (non-hydrogen) atoms. The summed E-state index contributed by atoms with van der Waals surface area (Å²) >= 11 is 3.06. The standard InChI is InChI=1S/C64H88N10O12S2/c1-37(71(13)59(83)85-61(3,4)5)51(75)67-43-29-31-87-45-33-63(9,10)49(73(45)57(43)81)55(79)69-47(41-21-17-15-18-22-41)53(77)65-35-39-25-27-40(28-26-39)36-66-54(78)48(42-23-19-16-20-24-42)70-56(80)50-64(11,12)34-46-74(50)58(82)44(30-32-88-46)68-52(76)38(2)72(14)60(84)86-62(6,7)8/h15-28,37-38,43-50H,29-36H2,1-14H3,(H,65,77)(H,66,78)(H,67,75)(H,68,76)(H,69,79)(H,70,80)/t37-,38-,43-,44-,45-,46-,47-,48-,49+,50+/m0/s1. The molecular formula is C64H88N10O12S2. The van der Waals surface area contributed by atoms with Gasteiger partial charge in [0.2, 0.25) is 47.3 Å². The Morgan fingerprint density at radius 1 is 0.545 bits per heavy atom. The van der Waals surface area contributed by atoms with Crippen molar-refractivity contribution in [3.8, 4) is 0 Å². The molecule has 6 N–H and O–H groups in total. The number of carbonyl (C=O) groups is 10. The van der Waals surface area contributed by atoms with Gasteiger partial charge in [-0.2, -0.15) is 0 Å². The van der Waals surface area contributed by atoms with Crippen LogP contribution in [0.25, 0.3) is 0 Å². The number of likely N-dealkylation sites (N-methyl/N-ethyl adjacent to an activating group) is 2. The van der Waals surface area contributed by atoms with Crippen molar-refractivity contribution in [2.45, 2.75) is 192 Å². The number of carbonyl (C=O) groups excluding carboxylic acids is 10. The molecule has 4 saturated heterocycles. The normalized spacial score (nSPS) is 22.8. The first-order valence-electron chi connectivity index (χ1n) is 29.9. The molecule has 4 aliphatic heterocycles. The second-order valence-electron chi connectivity index (χ2n) is 26.5. The Bertz CT molecular complexity index is 2860. The summed E-state index contributed by atoms with van der Waals surface area (Å²) in [7, 11) is 2.90. The monoisotopic (exact) mass is 1250 g/mol. The van der Waals surface area contributed by atoms with E-state index in [9.17, 15) is 47.9 Å². The Balaban J connectivity index is 0.984. The molecule has 0 radical (unpaired) electrons. The molecule has 10 atom stereocenters. The number of nitrogens with one attached hydrogen (secondary N) is 6. The van der Waals surface area contributed by atoms with Crippen molar-refractivity contribution in [1.82, 2.24) is 51.5 Å². The Morgan fingerprint density at radius 2 is 0.875 bits per heavy atom. The lowest BCUT2D eigenvalue weighted by atomic mass is 9.83. The number of nitrogens with zero attached hydrogens (tertiary/aromatic N) is 4. The molecule has 4 aliphatic rings. The van der Waals surface area contributed by atoms with Crippen LogP contribution in [0.5, 0.6) is 0 Å². The van der Waals surface area contributed by atoms with Crippen LogP contribution >= 0.6 is 23.5 Å². The third-order valence-electron chi connectivity index (χ3n) is 16.3. The van der Waals surface area contributed by atoms with Gasteiger partial charge in [-0.3, -0.25) is 48.2 Å². The highest BCUT2D eigenvalue weighted by atomic mass is 32.2. The SMILES string of the molecule is C[C@@H](C(=O)N[C@H]1CCS[C@H]2CC(C)(C)[C@@H](C(=O)N[C@H](C(=O)NCc3ccc(CNC(=O)[C@@H](NC(=O)[C@H]4N5C(=O)[C@@H](NC(=O)[C@H](C)N(C)C(=O)OC(C)(C)C)CCS[C@H]5CC4(C)C)c4ccccc4)cc3)c3ccccc3)N2C1=O)N(C)C(=O)OC(C)(C)C. The van der Waals surface area contributed by atoms with Gasteiger partial charge in [0.25, 0.3) is 0 Å². The topological polar surface area (TPSA) is 274 Å². The zero-order valence-electron chi connectivity index (χ0n) is 53.0. The summed E-state index contributed by atoms with van der Waals surface area (Å²) in [6.07, 6.45) is 0.190. The van der Waals surface area contributed by atoms with E-state index in [2.05, 4.69) is 31.9 Å². The van der Waals surface area contributed by atoms with Gasteiger partial charge in [-0.05, 0) is 126 Å². The first kappa shape index (κ1) is 68.2. The van der Waals surface area contributed by atoms with Crippen molar-refractivity contribution < 1.29 is 57.4 Å². The molecule has 0 spiro atoms. The fourth-order valence-corrected chi connectivity index (χ4v) is 14.5. The molecule has 7 rings (SSSR count). The lowest BCUT2D eigenvalue weighted by Gasteiger charge is -2.35. The van der Waals surface area contributed by atoms with Crippen LogP contribution in [0.4, 0.5) is 9.59 Å². The molecule has 0 aliphatic carbocycles. The quantitative estimate of drug-likeness (QED) is 0.0817. The van der Waals surface area contributed by atoms with E-state index >= 15 is 0 Å². The predicted molar refractivity (Wildman–Crippen MR) is 335 cm³/mol. The highest BCUT2D eigenvalue weighted by Gasteiger charge is 2.57. The number of fused-ring (bicyclic) bond motifs is 2. The van der Waals surface area contributed by atoms with Gasteiger partial charge in [0.05, 0.1) is 10.7 Å². The smallest absolute Gasteiger partial charge is 0.410 e. The third-order valence-corrected chi connectivity index (χ3v) is 18.8. The van der Waals surface area contributed by atoms with E-state index in [0.29, 0.717) is 59.4 Å².